The molecule has 23 heavy (non-hydrogen) atoms. The van der Waals surface area contributed by atoms with Crippen LogP contribution in [0.2, 0.25) is 0 Å². The standard InChI is InChI=1S/C21H25N2/c1-6-14(2)17-7-8-19-18(12-17)11-16(4)23(5)21(19)20-13-22-10-9-15(20)3/h7-14H,6H2,1-5H3/q+1/i11D. The lowest BCUT2D eigenvalue weighted by Crippen LogP contribution is -2.35. The van der Waals surface area contributed by atoms with E-state index in [1.165, 1.54) is 11.1 Å². The van der Waals surface area contributed by atoms with Gasteiger partial charge in [0.1, 0.15) is 7.05 Å². The lowest BCUT2D eigenvalue weighted by molar-refractivity contribution is -0.665. The van der Waals surface area contributed by atoms with Crippen molar-refractivity contribution in [1.29, 1.82) is 0 Å². The van der Waals surface area contributed by atoms with Gasteiger partial charge in [0.05, 0.1) is 12.3 Å². The zero-order chi connectivity index (χ0) is 17.4. The maximum Gasteiger partial charge on any atom is 0.222 e. The molecule has 0 N–H and O–H groups in total. The second-order valence-corrected chi connectivity index (χ2v) is 6.42. The second-order valence-electron chi connectivity index (χ2n) is 6.42. The number of hydrogen-bond acceptors (Lipinski definition) is 1. The molecule has 0 spiro atoms. The van der Waals surface area contributed by atoms with Crippen LogP contribution in [-0.2, 0) is 7.05 Å². The first kappa shape index (κ1) is 14.4. The van der Waals surface area contributed by atoms with Crippen LogP contribution in [0.15, 0.2) is 42.7 Å². The Morgan fingerprint density at radius 3 is 2.74 bits per heavy atom. The van der Waals surface area contributed by atoms with E-state index < -0.39 is 0 Å². The van der Waals surface area contributed by atoms with Gasteiger partial charge < -0.3 is 0 Å². The minimum Gasteiger partial charge on any atom is -0.264 e. The number of aryl methyl sites for hydroxylation is 1. The molecule has 3 rings (SSSR count). The first-order valence-corrected chi connectivity index (χ1v) is 8.29. The Bertz CT molecular complexity index is 915. The normalized spacial score (nSPS) is 13.2. The molecule has 0 aliphatic rings. The molecule has 1 atom stereocenters. The summed E-state index contributed by atoms with van der Waals surface area (Å²) in [7, 11) is 2.04. The molecule has 3 aromatic rings. The van der Waals surface area contributed by atoms with Crippen LogP contribution in [0.3, 0.4) is 0 Å². The fraction of sp³-hybridized carbons (Fsp3) is 0.333. The highest BCUT2D eigenvalue weighted by Gasteiger charge is 2.20. The molecule has 0 aliphatic carbocycles. The van der Waals surface area contributed by atoms with Crippen LogP contribution in [0.5, 0.6) is 0 Å². The molecule has 0 fully saturated rings. The molecule has 0 aliphatic heterocycles. The SMILES string of the molecule is [2H]c1c(C)[n+](C)c(-c2cnccc2C)c2ccc(C(C)CC)cc12. The zero-order valence-electron chi connectivity index (χ0n) is 15.6. The van der Waals surface area contributed by atoms with Crippen LogP contribution < -0.4 is 4.57 Å². The molecule has 0 radical (unpaired) electrons. The van der Waals surface area contributed by atoms with Crippen LogP contribution in [0.4, 0.5) is 0 Å². The largest absolute Gasteiger partial charge is 0.264 e. The van der Waals surface area contributed by atoms with Gasteiger partial charge in [0.15, 0.2) is 5.69 Å². The molecular weight excluding hydrogens is 280 g/mol. The average molecular weight is 306 g/mol. The van der Waals surface area contributed by atoms with Gasteiger partial charge in [-0.1, -0.05) is 26.0 Å². The van der Waals surface area contributed by atoms with Gasteiger partial charge in [-0.3, -0.25) is 4.98 Å². The predicted molar refractivity (Wildman–Crippen MR) is 96.5 cm³/mol. The highest BCUT2D eigenvalue weighted by atomic mass is 14.9. The third kappa shape index (κ3) is 2.74. The lowest BCUT2D eigenvalue weighted by Gasteiger charge is -2.13. The zero-order valence-corrected chi connectivity index (χ0v) is 14.6. The number of fused-ring (bicyclic) bond motifs is 1. The number of hydrogen-bond donors (Lipinski definition) is 0. The Balaban J connectivity index is 2.40. The number of pyridine rings is 2. The number of rotatable bonds is 3. The lowest BCUT2D eigenvalue weighted by atomic mass is 9.94. The van der Waals surface area contributed by atoms with Gasteiger partial charge >= 0.3 is 0 Å². The van der Waals surface area contributed by atoms with Gasteiger partial charge in [-0.05, 0) is 47.9 Å². The Kier molecular flexibility index (Phi) is 3.82. The molecule has 0 saturated heterocycles. The number of nitrogens with zero attached hydrogens (tertiary/aromatic N) is 2. The van der Waals surface area contributed by atoms with Crippen molar-refractivity contribution in [3.05, 3.63) is 59.5 Å². The summed E-state index contributed by atoms with van der Waals surface area (Å²) in [5, 5.41) is 2.15. The van der Waals surface area contributed by atoms with E-state index in [0.717, 1.165) is 34.1 Å². The van der Waals surface area contributed by atoms with Crippen LogP contribution >= 0.6 is 0 Å². The smallest absolute Gasteiger partial charge is 0.222 e. The average Bonchev–Trinajstić information content (AvgIpc) is 2.60. The van der Waals surface area contributed by atoms with Crippen LogP contribution in [0.25, 0.3) is 22.0 Å². The summed E-state index contributed by atoms with van der Waals surface area (Å²) in [5.41, 5.74) is 5.75. The molecule has 1 aromatic carbocycles. The predicted octanol–water partition coefficient (Wildman–Crippen LogP) is 4.86. The van der Waals surface area contributed by atoms with E-state index in [4.69, 9.17) is 1.37 Å². The molecule has 0 bridgehead atoms. The Labute approximate surface area is 140 Å². The Morgan fingerprint density at radius 2 is 2.04 bits per heavy atom. The quantitative estimate of drug-likeness (QED) is 0.632. The van der Waals surface area contributed by atoms with Crippen molar-refractivity contribution in [3.63, 3.8) is 0 Å². The van der Waals surface area contributed by atoms with Crippen LogP contribution in [0, 0.1) is 13.8 Å². The van der Waals surface area contributed by atoms with E-state index in [1.807, 2.05) is 32.4 Å². The van der Waals surface area contributed by atoms with E-state index in [0.29, 0.717) is 12.0 Å². The summed E-state index contributed by atoms with van der Waals surface area (Å²) in [4.78, 5) is 4.32. The minimum absolute atomic E-state index is 0.506. The summed E-state index contributed by atoms with van der Waals surface area (Å²) >= 11 is 0. The highest BCUT2D eigenvalue weighted by Crippen LogP contribution is 2.30. The van der Waals surface area contributed by atoms with Gasteiger partial charge in [0.2, 0.25) is 5.69 Å². The van der Waals surface area contributed by atoms with E-state index in [2.05, 4.69) is 48.5 Å². The van der Waals surface area contributed by atoms with E-state index in [9.17, 15) is 0 Å². The molecule has 1 unspecified atom stereocenters. The van der Waals surface area contributed by atoms with E-state index >= 15 is 0 Å². The minimum atomic E-state index is 0.506. The highest BCUT2D eigenvalue weighted by molar-refractivity contribution is 5.94. The van der Waals surface area contributed by atoms with E-state index in [-0.39, 0.29) is 0 Å². The number of benzene rings is 1. The summed E-state index contributed by atoms with van der Waals surface area (Å²) < 4.78 is 10.7. The first-order valence-electron chi connectivity index (χ1n) is 8.79. The first-order chi connectivity index (χ1) is 11.5. The van der Waals surface area contributed by atoms with Crippen LogP contribution in [-0.4, -0.2) is 4.98 Å². The maximum absolute atomic E-state index is 8.60. The fourth-order valence-electron chi connectivity index (χ4n) is 3.08. The fourth-order valence-corrected chi connectivity index (χ4v) is 3.08. The van der Waals surface area contributed by atoms with E-state index in [1.54, 1.807) is 0 Å². The summed E-state index contributed by atoms with van der Waals surface area (Å²) in [6.45, 7) is 8.58. The third-order valence-electron chi connectivity index (χ3n) is 4.93. The molecule has 0 amide bonds. The van der Waals surface area contributed by atoms with Crippen molar-refractivity contribution in [2.45, 2.75) is 40.0 Å². The van der Waals surface area contributed by atoms with Gasteiger partial charge in [-0.2, -0.15) is 4.57 Å². The van der Waals surface area contributed by atoms with Crippen molar-refractivity contribution >= 4 is 10.8 Å². The molecule has 2 heterocycles. The van der Waals surface area contributed by atoms with Crippen molar-refractivity contribution in [3.8, 4) is 11.3 Å². The summed E-state index contributed by atoms with van der Waals surface area (Å²) in [6.07, 6.45) is 4.86. The van der Waals surface area contributed by atoms with Gasteiger partial charge in [-0.25, -0.2) is 0 Å². The molecule has 2 heteroatoms. The van der Waals surface area contributed by atoms with Crippen molar-refractivity contribution < 1.29 is 5.94 Å². The molecule has 2 aromatic heterocycles. The van der Waals surface area contributed by atoms with Crippen LogP contribution in [0.1, 0.15) is 44.4 Å². The van der Waals surface area contributed by atoms with Gasteiger partial charge in [-0.15, -0.1) is 0 Å². The third-order valence-corrected chi connectivity index (χ3v) is 4.93. The molecule has 118 valence electrons. The van der Waals surface area contributed by atoms with Crippen molar-refractivity contribution in [2.75, 3.05) is 0 Å². The summed E-state index contributed by atoms with van der Waals surface area (Å²) in [5.74, 6) is 0.506. The Morgan fingerprint density at radius 1 is 1.26 bits per heavy atom. The Hall–Kier alpha value is -2.22. The topological polar surface area (TPSA) is 16.8 Å². The monoisotopic (exact) mass is 306 g/mol. The maximum atomic E-state index is 8.60. The molecular formula is C21H25N2+. The van der Waals surface area contributed by atoms with Gasteiger partial charge in [0, 0.05) is 25.4 Å². The van der Waals surface area contributed by atoms with Crippen molar-refractivity contribution in [2.24, 2.45) is 7.05 Å². The second kappa shape index (κ2) is 6.11. The molecule has 2 nitrogen and oxygen atoms in total. The van der Waals surface area contributed by atoms with Gasteiger partial charge in [0.25, 0.3) is 0 Å². The molecule has 0 saturated carbocycles. The van der Waals surface area contributed by atoms with Crippen molar-refractivity contribution in [1.82, 2.24) is 4.98 Å². The summed E-state index contributed by atoms with van der Waals surface area (Å²) in [6, 6.07) is 9.24. The number of aromatic nitrogens is 2.